The van der Waals surface area contributed by atoms with Gasteiger partial charge in [0, 0.05) is 5.56 Å². The van der Waals surface area contributed by atoms with E-state index in [4.69, 9.17) is 15.1 Å². The lowest BCUT2D eigenvalue weighted by Gasteiger charge is -2.19. The van der Waals surface area contributed by atoms with Gasteiger partial charge in [0.05, 0.1) is 25.7 Å². The number of hydrogen-bond donors (Lipinski definition) is 3. The largest absolute Gasteiger partial charge is 0.495 e. The predicted octanol–water partition coefficient (Wildman–Crippen LogP) is 0.701. The average molecular weight is 251 g/mol. The highest BCUT2D eigenvalue weighted by Gasteiger charge is 2.24. The van der Waals surface area contributed by atoms with E-state index in [0.29, 0.717) is 0 Å². The fraction of sp³-hybridized carbons (Fsp3) is 0.333. The van der Waals surface area contributed by atoms with Crippen LogP contribution in [0.15, 0.2) is 18.2 Å². The predicted molar refractivity (Wildman–Crippen MR) is 61.1 cm³/mol. The summed E-state index contributed by atoms with van der Waals surface area (Å²) in [6, 6.07) is 5.93. The maximum atomic E-state index is 11.0. The van der Waals surface area contributed by atoms with Crippen LogP contribution in [-0.4, -0.2) is 34.5 Å². The molecule has 2 atom stereocenters. The lowest BCUT2D eigenvalue weighted by Crippen LogP contribution is -2.19. The third kappa shape index (κ3) is 2.77. The van der Waals surface area contributed by atoms with Gasteiger partial charge in [0.15, 0.2) is 0 Å². The van der Waals surface area contributed by atoms with Gasteiger partial charge in [0.2, 0.25) is 0 Å². The molecule has 0 bridgehead atoms. The van der Waals surface area contributed by atoms with E-state index >= 15 is 0 Å². The number of methoxy groups -OCH3 is 1. The fourth-order valence-corrected chi connectivity index (χ4v) is 1.60. The number of benzene rings is 1. The second-order valence-corrected chi connectivity index (χ2v) is 3.61. The van der Waals surface area contributed by atoms with Crippen molar-refractivity contribution < 1.29 is 24.9 Å². The number of para-hydroxylation sites is 1. The molecule has 0 saturated carbocycles. The van der Waals surface area contributed by atoms with Crippen molar-refractivity contribution in [1.29, 1.82) is 5.26 Å². The zero-order valence-electron chi connectivity index (χ0n) is 9.70. The minimum Gasteiger partial charge on any atom is -0.495 e. The second kappa shape index (κ2) is 6.00. The van der Waals surface area contributed by atoms with E-state index in [-0.39, 0.29) is 23.3 Å². The molecule has 6 heteroatoms. The molecule has 1 rings (SSSR count). The highest BCUT2D eigenvalue weighted by atomic mass is 16.5. The van der Waals surface area contributed by atoms with Crippen molar-refractivity contribution in [2.24, 2.45) is 0 Å². The molecule has 0 spiro atoms. The van der Waals surface area contributed by atoms with Crippen molar-refractivity contribution in [3.8, 4) is 11.8 Å². The van der Waals surface area contributed by atoms with Gasteiger partial charge in [0.1, 0.15) is 17.4 Å². The van der Waals surface area contributed by atoms with E-state index in [0.717, 1.165) is 0 Å². The minimum absolute atomic E-state index is 0.0190. The summed E-state index contributed by atoms with van der Waals surface area (Å²) < 4.78 is 4.95. The Hall–Kier alpha value is -2.10. The first kappa shape index (κ1) is 14.0. The SMILES string of the molecule is COc1c(C(=O)O)cccc1C(O)C(O)CC#N. The van der Waals surface area contributed by atoms with Gasteiger partial charge in [-0.15, -0.1) is 0 Å². The molecule has 0 radical (unpaired) electrons. The molecule has 2 unspecified atom stereocenters. The first-order chi connectivity index (χ1) is 8.52. The molecule has 0 heterocycles. The summed E-state index contributed by atoms with van der Waals surface area (Å²) in [5, 5.41) is 36.8. The molecule has 0 aliphatic carbocycles. The van der Waals surface area contributed by atoms with Gasteiger partial charge in [-0.2, -0.15) is 5.26 Å². The Morgan fingerprint density at radius 2 is 2.17 bits per heavy atom. The maximum Gasteiger partial charge on any atom is 0.339 e. The van der Waals surface area contributed by atoms with Gasteiger partial charge in [-0.3, -0.25) is 0 Å². The summed E-state index contributed by atoms with van der Waals surface area (Å²) in [4.78, 5) is 11.0. The summed E-state index contributed by atoms with van der Waals surface area (Å²) in [6.45, 7) is 0. The van der Waals surface area contributed by atoms with Crippen molar-refractivity contribution in [1.82, 2.24) is 0 Å². The Labute approximate surface area is 104 Å². The molecule has 0 fully saturated rings. The van der Waals surface area contributed by atoms with Gasteiger partial charge in [-0.25, -0.2) is 4.79 Å². The zero-order valence-corrected chi connectivity index (χ0v) is 9.70. The van der Waals surface area contributed by atoms with Crippen LogP contribution in [0.4, 0.5) is 0 Å². The Morgan fingerprint density at radius 3 is 2.67 bits per heavy atom. The standard InChI is InChI=1S/C12H13NO5/c1-18-11-7(10(15)9(14)5-6-13)3-2-4-8(11)12(16)17/h2-4,9-10,14-15H,5H2,1H3,(H,16,17). The summed E-state index contributed by atoms with van der Waals surface area (Å²) in [5.74, 6) is -1.22. The molecule has 6 nitrogen and oxygen atoms in total. The van der Waals surface area contributed by atoms with Crippen LogP contribution in [0, 0.1) is 11.3 Å². The van der Waals surface area contributed by atoms with Crippen LogP contribution in [0.2, 0.25) is 0 Å². The van der Waals surface area contributed by atoms with Crippen LogP contribution in [0.5, 0.6) is 5.75 Å². The highest BCUT2D eigenvalue weighted by molar-refractivity contribution is 5.91. The molecule has 18 heavy (non-hydrogen) atoms. The summed E-state index contributed by atoms with van der Waals surface area (Å²) in [6.07, 6.45) is -2.94. The smallest absolute Gasteiger partial charge is 0.339 e. The van der Waals surface area contributed by atoms with E-state index in [2.05, 4.69) is 0 Å². The fourth-order valence-electron chi connectivity index (χ4n) is 1.60. The van der Waals surface area contributed by atoms with Crippen LogP contribution >= 0.6 is 0 Å². The number of nitrogens with zero attached hydrogens (tertiary/aromatic N) is 1. The van der Waals surface area contributed by atoms with E-state index in [1.54, 1.807) is 6.07 Å². The quantitative estimate of drug-likeness (QED) is 0.710. The first-order valence-electron chi connectivity index (χ1n) is 5.16. The highest BCUT2D eigenvalue weighted by Crippen LogP contribution is 2.31. The van der Waals surface area contributed by atoms with Crippen LogP contribution in [0.25, 0.3) is 0 Å². The van der Waals surface area contributed by atoms with Crippen molar-refractivity contribution in [2.45, 2.75) is 18.6 Å². The topological polar surface area (TPSA) is 111 Å². The Morgan fingerprint density at radius 1 is 1.50 bits per heavy atom. The van der Waals surface area contributed by atoms with Crippen molar-refractivity contribution in [3.63, 3.8) is 0 Å². The third-order valence-electron chi connectivity index (χ3n) is 2.46. The summed E-state index contributed by atoms with van der Waals surface area (Å²) >= 11 is 0. The van der Waals surface area contributed by atoms with E-state index in [1.165, 1.54) is 25.3 Å². The number of hydrogen-bond acceptors (Lipinski definition) is 5. The minimum atomic E-state index is -1.38. The van der Waals surface area contributed by atoms with E-state index < -0.39 is 18.2 Å². The van der Waals surface area contributed by atoms with Crippen LogP contribution in [0.3, 0.4) is 0 Å². The average Bonchev–Trinajstić information content (AvgIpc) is 2.36. The van der Waals surface area contributed by atoms with Gasteiger partial charge >= 0.3 is 5.97 Å². The molecule has 0 saturated heterocycles. The molecule has 0 aromatic heterocycles. The Balaban J connectivity index is 3.20. The molecule has 96 valence electrons. The molecule has 3 N–H and O–H groups in total. The van der Waals surface area contributed by atoms with Gasteiger partial charge in [-0.1, -0.05) is 12.1 Å². The zero-order chi connectivity index (χ0) is 13.7. The molecule has 0 aliphatic heterocycles. The normalized spacial score (nSPS) is 13.4. The Kier molecular flexibility index (Phi) is 4.66. The number of carbonyl (C=O) groups is 1. The number of ether oxygens (including phenoxy) is 1. The molecule has 0 amide bonds. The Bertz CT molecular complexity index is 480. The first-order valence-corrected chi connectivity index (χ1v) is 5.16. The van der Waals surface area contributed by atoms with Crippen molar-refractivity contribution in [3.05, 3.63) is 29.3 Å². The molecule has 0 aliphatic rings. The van der Waals surface area contributed by atoms with Crippen LogP contribution < -0.4 is 4.74 Å². The number of aromatic carboxylic acids is 1. The molecular weight excluding hydrogens is 238 g/mol. The van der Waals surface area contributed by atoms with Crippen molar-refractivity contribution in [2.75, 3.05) is 7.11 Å². The number of carboxylic acid groups (broad SMARTS) is 1. The van der Waals surface area contributed by atoms with Gasteiger partial charge in [0.25, 0.3) is 0 Å². The van der Waals surface area contributed by atoms with Gasteiger partial charge in [-0.05, 0) is 6.07 Å². The number of carboxylic acids is 1. The summed E-state index contributed by atoms with van der Waals surface area (Å²) in [5.41, 5.74) is 0.0263. The molecule has 1 aromatic rings. The van der Waals surface area contributed by atoms with E-state index in [9.17, 15) is 15.0 Å². The lowest BCUT2D eigenvalue weighted by atomic mass is 9.99. The number of aliphatic hydroxyl groups excluding tert-OH is 2. The van der Waals surface area contributed by atoms with Gasteiger partial charge < -0.3 is 20.1 Å². The van der Waals surface area contributed by atoms with Crippen molar-refractivity contribution >= 4 is 5.97 Å². The van der Waals surface area contributed by atoms with E-state index in [1.807, 2.05) is 0 Å². The number of nitriles is 1. The number of rotatable bonds is 5. The lowest BCUT2D eigenvalue weighted by molar-refractivity contribution is 0.0201. The van der Waals surface area contributed by atoms with Crippen LogP contribution in [-0.2, 0) is 0 Å². The number of aliphatic hydroxyl groups is 2. The third-order valence-corrected chi connectivity index (χ3v) is 2.46. The van der Waals surface area contributed by atoms with Crippen LogP contribution in [0.1, 0.15) is 28.4 Å². The maximum absolute atomic E-state index is 11.0. The molecule has 1 aromatic carbocycles. The monoisotopic (exact) mass is 251 g/mol. The summed E-state index contributed by atoms with van der Waals surface area (Å²) in [7, 11) is 1.27. The molecular formula is C12H13NO5. The second-order valence-electron chi connectivity index (χ2n) is 3.61.